The number of benzene rings is 6. The number of aliphatic imine (C=N–C) groups is 4. The van der Waals surface area contributed by atoms with E-state index in [0.717, 1.165) is 51.7 Å². The van der Waals surface area contributed by atoms with E-state index < -0.39 is 0 Å². The van der Waals surface area contributed by atoms with E-state index in [1.807, 2.05) is 79.7 Å². The third kappa shape index (κ3) is 11.1. The molecular weight excluding hydrogens is 735 g/mol. The summed E-state index contributed by atoms with van der Waals surface area (Å²) in [7, 11) is 3.85. The molecule has 6 aromatic rings. The molecule has 60 heavy (non-hydrogen) atoms. The molecule has 0 unspecified atom stereocenters. The highest BCUT2D eigenvalue weighted by Crippen LogP contribution is 2.33. The summed E-state index contributed by atoms with van der Waals surface area (Å²) >= 11 is 0. The summed E-state index contributed by atoms with van der Waals surface area (Å²) in [6, 6.07) is 54.0. The fraction of sp³-hybridized carbons (Fsp3) is 0.170. The summed E-state index contributed by atoms with van der Waals surface area (Å²) < 4.78 is 0. The minimum atomic E-state index is 0.569. The maximum atomic E-state index is 5.03. The first-order valence-electron chi connectivity index (χ1n) is 20.4. The summed E-state index contributed by atoms with van der Waals surface area (Å²) in [5.41, 5.74) is 13.6. The van der Waals surface area contributed by atoms with Gasteiger partial charge in [-0.15, -0.1) is 0 Å². The van der Waals surface area contributed by atoms with Gasteiger partial charge in [-0.25, -0.2) is 14.9 Å². The maximum Gasteiger partial charge on any atom is 0.241 e. The predicted molar refractivity (Wildman–Crippen MR) is 256 cm³/mol. The van der Waals surface area contributed by atoms with Gasteiger partial charge in [-0.2, -0.15) is 9.98 Å². The lowest BCUT2D eigenvalue weighted by Gasteiger charge is -2.35. The number of hydrogen-bond acceptors (Lipinski definition) is 7. The minimum absolute atomic E-state index is 0.569. The van der Waals surface area contributed by atoms with E-state index in [2.05, 4.69) is 155 Å². The first-order valence-corrected chi connectivity index (χ1v) is 20.4. The van der Waals surface area contributed by atoms with Crippen molar-refractivity contribution >= 4 is 34.8 Å². The Balaban J connectivity index is 0.000000231. The molecule has 0 saturated heterocycles. The molecule has 7 heteroatoms. The monoisotopic (exact) mass is 789 g/mol. The quantitative estimate of drug-likeness (QED) is 0.176. The summed E-state index contributed by atoms with van der Waals surface area (Å²) in [6.07, 6.45) is 2.99. The van der Waals surface area contributed by atoms with Crippen molar-refractivity contribution in [3.63, 3.8) is 0 Å². The van der Waals surface area contributed by atoms with Crippen LogP contribution in [-0.4, -0.2) is 42.5 Å². The Bertz CT molecular complexity index is 2480. The molecule has 0 aliphatic carbocycles. The Hall–Kier alpha value is -7.12. The zero-order valence-corrected chi connectivity index (χ0v) is 36.0. The number of anilines is 2. The highest BCUT2D eigenvalue weighted by Gasteiger charge is 2.35. The van der Waals surface area contributed by atoms with Crippen LogP contribution in [0.2, 0.25) is 0 Å². The first kappa shape index (κ1) is 42.5. The molecule has 2 N–H and O–H groups in total. The van der Waals surface area contributed by atoms with Crippen molar-refractivity contribution in [3.05, 3.63) is 225 Å². The molecule has 302 valence electrons. The molecule has 0 amide bonds. The van der Waals surface area contributed by atoms with Crippen LogP contribution in [0.25, 0.3) is 0 Å². The topological polar surface area (TPSA) is 76.7 Å². The zero-order chi connectivity index (χ0) is 42.4. The molecule has 0 atom stereocenters. The third-order valence-corrected chi connectivity index (χ3v) is 9.95. The summed E-state index contributed by atoms with van der Waals surface area (Å²) in [5.74, 6) is 3.43. The molecule has 7 nitrogen and oxygen atoms in total. The number of allylic oxidation sites excluding steroid dienone is 2. The van der Waals surface area contributed by atoms with Crippen molar-refractivity contribution in [3.8, 4) is 0 Å². The van der Waals surface area contributed by atoms with E-state index in [4.69, 9.17) is 20.0 Å². The number of rotatable bonds is 6. The van der Waals surface area contributed by atoms with Crippen molar-refractivity contribution in [2.75, 3.05) is 24.7 Å². The standard InChI is InChI=1S/C32H31N7.3C7H8/c1-19-11-13-24(26(15-19)33-4)28-35-30-20(2)16-21(3)31-36-29(38-32(37-28)39(30)31)25-14-12-23(18-27(25)34-5)17-22-9-7-6-8-10-22;3*1-7-5-3-2-4-6-7/h6-16,18,33-34H,17H2,1-5H3;3*2-6H,1H3. The molecular formula is C53H55N7. The van der Waals surface area contributed by atoms with Gasteiger partial charge in [0.05, 0.1) is 0 Å². The van der Waals surface area contributed by atoms with Crippen molar-refractivity contribution in [1.29, 1.82) is 0 Å². The lowest BCUT2D eigenvalue weighted by atomic mass is 10.0. The smallest absolute Gasteiger partial charge is 0.241 e. The summed E-state index contributed by atoms with van der Waals surface area (Å²) in [5, 5.41) is 6.65. The van der Waals surface area contributed by atoms with Crippen molar-refractivity contribution in [1.82, 2.24) is 4.90 Å². The molecule has 3 aliphatic heterocycles. The highest BCUT2D eigenvalue weighted by atomic mass is 15.4. The fourth-order valence-corrected chi connectivity index (χ4v) is 6.78. The molecule has 3 aliphatic rings. The van der Waals surface area contributed by atoms with E-state index in [0.29, 0.717) is 17.6 Å². The van der Waals surface area contributed by atoms with E-state index >= 15 is 0 Å². The number of amidine groups is 3. The van der Waals surface area contributed by atoms with Crippen LogP contribution in [0.1, 0.15) is 58.4 Å². The van der Waals surface area contributed by atoms with Crippen molar-refractivity contribution in [2.45, 2.75) is 48.0 Å². The lowest BCUT2D eigenvalue weighted by Crippen LogP contribution is -2.44. The minimum Gasteiger partial charge on any atom is -0.388 e. The molecule has 3 heterocycles. The second-order valence-electron chi connectivity index (χ2n) is 14.9. The number of aryl methyl sites for hydroxylation is 4. The Morgan fingerprint density at radius 3 is 1.43 bits per heavy atom. The van der Waals surface area contributed by atoms with Crippen LogP contribution in [0, 0.1) is 27.7 Å². The van der Waals surface area contributed by atoms with Crippen LogP contribution in [-0.2, 0) is 6.42 Å². The summed E-state index contributed by atoms with van der Waals surface area (Å²) in [4.78, 5) is 21.9. The van der Waals surface area contributed by atoms with Crippen LogP contribution in [0.3, 0.4) is 0 Å². The van der Waals surface area contributed by atoms with E-state index in [-0.39, 0.29) is 0 Å². The van der Waals surface area contributed by atoms with Gasteiger partial charge in [0, 0.05) is 36.6 Å². The Kier molecular flexibility index (Phi) is 14.5. The lowest BCUT2D eigenvalue weighted by molar-refractivity contribution is 0.693. The Morgan fingerprint density at radius 2 is 0.933 bits per heavy atom. The van der Waals surface area contributed by atoms with Gasteiger partial charge < -0.3 is 10.6 Å². The predicted octanol–water partition coefficient (Wildman–Crippen LogP) is 12.1. The number of guanidine groups is 1. The fourth-order valence-electron chi connectivity index (χ4n) is 6.78. The largest absolute Gasteiger partial charge is 0.388 e. The van der Waals surface area contributed by atoms with Gasteiger partial charge in [-0.1, -0.05) is 150 Å². The van der Waals surface area contributed by atoms with Crippen molar-refractivity contribution < 1.29 is 0 Å². The van der Waals surface area contributed by atoms with Gasteiger partial charge in [0.25, 0.3) is 0 Å². The molecule has 0 radical (unpaired) electrons. The zero-order valence-electron chi connectivity index (χ0n) is 36.0. The van der Waals surface area contributed by atoms with Gasteiger partial charge in [0.2, 0.25) is 5.96 Å². The molecule has 0 aromatic heterocycles. The number of hydrogen-bond donors (Lipinski definition) is 2. The Labute approximate surface area is 356 Å². The molecule has 6 aromatic carbocycles. The Morgan fingerprint density at radius 1 is 0.450 bits per heavy atom. The average molecular weight is 790 g/mol. The average Bonchev–Trinajstić information content (AvgIpc) is 3.27. The SMILES string of the molecule is CNc1cc(Cc2ccccc2)ccc1C1=NC2=NC(c3ccc(C)cc3NC)=NC3=C(C)C=C(C)C(=N1)N23.Cc1ccccc1.Cc1ccccc1.Cc1ccccc1. The van der Waals surface area contributed by atoms with Crippen LogP contribution in [0.4, 0.5) is 11.4 Å². The van der Waals surface area contributed by atoms with Gasteiger partial charge >= 0.3 is 0 Å². The molecule has 0 fully saturated rings. The molecule has 0 bridgehead atoms. The molecule has 0 spiro atoms. The number of nitrogens with zero attached hydrogens (tertiary/aromatic N) is 5. The van der Waals surface area contributed by atoms with Crippen LogP contribution < -0.4 is 10.6 Å². The highest BCUT2D eigenvalue weighted by molar-refractivity contribution is 6.27. The normalized spacial score (nSPS) is 13.5. The maximum absolute atomic E-state index is 5.03. The first-order chi connectivity index (χ1) is 29.1. The number of nitrogens with one attached hydrogen (secondary N) is 2. The summed E-state index contributed by atoms with van der Waals surface area (Å²) in [6.45, 7) is 12.5. The molecule has 9 rings (SSSR count). The van der Waals surface area contributed by atoms with Gasteiger partial charge in [0.15, 0.2) is 11.7 Å². The van der Waals surface area contributed by atoms with E-state index in [9.17, 15) is 0 Å². The van der Waals surface area contributed by atoms with Gasteiger partial charge in [0.1, 0.15) is 11.7 Å². The third-order valence-electron chi connectivity index (χ3n) is 9.95. The van der Waals surface area contributed by atoms with E-state index in [1.54, 1.807) is 0 Å². The van der Waals surface area contributed by atoms with Crippen LogP contribution in [0.15, 0.2) is 201 Å². The molecule has 0 saturated carbocycles. The van der Waals surface area contributed by atoms with Crippen molar-refractivity contribution in [2.24, 2.45) is 20.0 Å². The van der Waals surface area contributed by atoms with Gasteiger partial charge in [-0.05, 0) is 106 Å². The van der Waals surface area contributed by atoms with Crippen LogP contribution >= 0.6 is 0 Å². The van der Waals surface area contributed by atoms with Crippen LogP contribution in [0.5, 0.6) is 0 Å². The van der Waals surface area contributed by atoms with E-state index in [1.165, 1.54) is 33.4 Å². The second kappa shape index (κ2) is 20.5. The second-order valence-corrected chi connectivity index (χ2v) is 14.9. The van der Waals surface area contributed by atoms with Gasteiger partial charge in [-0.3, -0.25) is 0 Å².